The van der Waals surface area contributed by atoms with Crippen molar-refractivity contribution in [2.75, 3.05) is 26.0 Å². The molecule has 2 amide bonds. The molecule has 1 aromatic heterocycles. The molecule has 0 unspecified atom stereocenters. The average molecular weight is 306 g/mol. The highest BCUT2D eigenvalue weighted by molar-refractivity contribution is 5.91. The topological polar surface area (TPSA) is 65.5 Å². The van der Waals surface area contributed by atoms with Crippen molar-refractivity contribution in [1.29, 1.82) is 0 Å². The van der Waals surface area contributed by atoms with Crippen molar-refractivity contribution in [3.8, 4) is 0 Å². The highest BCUT2D eigenvalue weighted by Crippen LogP contribution is 2.26. The molecule has 122 valence electrons. The molecule has 6 heteroatoms. The Morgan fingerprint density at radius 1 is 1.27 bits per heavy atom. The van der Waals surface area contributed by atoms with Gasteiger partial charge < -0.3 is 5.32 Å². The van der Waals surface area contributed by atoms with E-state index in [1.54, 1.807) is 34.5 Å². The maximum absolute atomic E-state index is 12.3. The second kappa shape index (κ2) is 7.89. The van der Waals surface area contributed by atoms with Gasteiger partial charge in [-0.1, -0.05) is 13.8 Å². The third kappa shape index (κ3) is 5.81. The molecule has 6 nitrogen and oxygen atoms in total. The monoisotopic (exact) mass is 306 g/mol. The van der Waals surface area contributed by atoms with Gasteiger partial charge in [-0.15, -0.1) is 0 Å². The number of nitrogens with zero attached hydrogens (tertiary/aromatic N) is 3. The first kappa shape index (κ1) is 18.1. The summed E-state index contributed by atoms with van der Waals surface area (Å²) in [5.41, 5.74) is 0.255. The van der Waals surface area contributed by atoms with Crippen LogP contribution in [0.15, 0.2) is 24.5 Å². The molecule has 0 aliphatic heterocycles. The molecule has 0 bridgehead atoms. The molecule has 0 atom stereocenters. The molecule has 0 aliphatic rings. The lowest BCUT2D eigenvalue weighted by Gasteiger charge is -2.31. The summed E-state index contributed by atoms with van der Waals surface area (Å²) in [6, 6.07) is 3.55. The summed E-state index contributed by atoms with van der Waals surface area (Å²) in [5, 5.41) is 6.24. The second-order valence-electron chi connectivity index (χ2n) is 6.26. The predicted octanol–water partition coefficient (Wildman–Crippen LogP) is 2.15. The molecule has 1 N–H and O–H groups in total. The molecular formula is C16H26N4O2. The third-order valence-corrected chi connectivity index (χ3v) is 3.28. The average Bonchev–Trinajstić information content (AvgIpc) is 2.38. The van der Waals surface area contributed by atoms with Crippen LogP contribution in [0.1, 0.15) is 33.6 Å². The molecule has 0 aliphatic carbocycles. The van der Waals surface area contributed by atoms with Crippen LogP contribution in [0.5, 0.6) is 0 Å². The van der Waals surface area contributed by atoms with E-state index in [1.165, 1.54) is 0 Å². The number of hydrogen-bond acceptors (Lipinski definition) is 4. The van der Waals surface area contributed by atoms with Crippen LogP contribution >= 0.6 is 0 Å². The van der Waals surface area contributed by atoms with E-state index in [1.807, 2.05) is 34.9 Å². The van der Waals surface area contributed by atoms with Crippen LogP contribution in [-0.2, 0) is 9.59 Å². The zero-order valence-corrected chi connectivity index (χ0v) is 14.1. The maximum Gasteiger partial charge on any atom is 0.237 e. The van der Waals surface area contributed by atoms with Gasteiger partial charge in [-0.25, -0.2) is 5.01 Å². The van der Waals surface area contributed by atoms with Gasteiger partial charge in [0.05, 0.1) is 11.9 Å². The molecule has 0 spiro atoms. The van der Waals surface area contributed by atoms with Gasteiger partial charge in [0.2, 0.25) is 11.8 Å². The van der Waals surface area contributed by atoms with Crippen LogP contribution in [0.4, 0.5) is 5.69 Å². The molecule has 0 saturated carbocycles. The summed E-state index contributed by atoms with van der Waals surface area (Å²) >= 11 is 0. The minimum absolute atomic E-state index is 0.0201. The van der Waals surface area contributed by atoms with Gasteiger partial charge >= 0.3 is 0 Å². The number of pyridine rings is 1. The molecule has 0 aromatic carbocycles. The van der Waals surface area contributed by atoms with Gasteiger partial charge in [-0.05, 0) is 24.5 Å². The Labute approximate surface area is 132 Å². The van der Waals surface area contributed by atoms with E-state index in [9.17, 15) is 9.59 Å². The van der Waals surface area contributed by atoms with Crippen LogP contribution in [0.3, 0.4) is 0 Å². The lowest BCUT2D eigenvalue weighted by molar-refractivity contribution is -0.146. The van der Waals surface area contributed by atoms with Crippen molar-refractivity contribution in [1.82, 2.24) is 15.0 Å². The number of amides is 2. The highest BCUT2D eigenvalue weighted by atomic mass is 16.2. The number of nitrogens with one attached hydrogen (secondary N) is 1. The largest absolute Gasteiger partial charge is 0.325 e. The van der Waals surface area contributed by atoms with E-state index < -0.39 is 5.41 Å². The predicted molar refractivity (Wildman–Crippen MR) is 87.0 cm³/mol. The summed E-state index contributed by atoms with van der Waals surface area (Å²) < 4.78 is 0. The van der Waals surface area contributed by atoms with E-state index in [0.717, 1.165) is 0 Å². The van der Waals surface area contributed by atoms with Crippen molar-refractivity contribution < 1.29 is 9.59 Å². The number of carbonyl (C=O) groups is 2. The summed E-state index contributed by atoms with van der Waals surface area (Å²) in [5.74, 6) is -0.0922. The number of rotatable bonds is 7. The normalized spacial score (nSPS) is 11.4. The molecule has 0 saturated heterocycles. The van der Waals surface area contributed by atoms with Crippen LogP contribution in [0, 0.1) is 5.41 Å². The molecule has 1 heterocycles. The Morgan fingerprint density at radius 2 is 1.95 bits per heavy atom. The van der Waals surface area contributed by atoms with Gasteiger partial charge in [0, 0.05) is 39.7 Å². The molecule has 0 radical (unpaired) electrons. The first-order valence-corrected chi connectivity index (χ1v) is 7.42. The lowest BCUT2D eigenvalue weighted by atomic mass is 9.85. The number of aromatic nitrogens is 1. The van der Waals surface area contributed by atoms with Crippen LogP contribution in [0.2, 0.25) is 0 Å². The van der Waals surface area contributed by atoms with Crippen molar-refractivity contribution >= 4 is 17.5 Å². The Hall–Kier alpha value is -1.95. The zero-order valence-electron chi connectivity index (χ0n) is 14.1. The lowest BCUT2D eigenvalue weighted by Crippen LogP contribution is -2.43. The van der Waals surface area contributed by atoms with Crippen LogP contribution in [-0.4, -0.2) is 47.5 Å². The van der Waals surface area contributed by atoms with E-state index in [-0.39, 0.29) is 18.2 Å². The SMILES string of the molecule is CCN(C(=O)CC(C)(C)CC(=O)Nc1cccnc1)N(C)C. The Kier molecular flexibility index (Phi) is 6.49. The Bertz CT molecular complexity index is 500. The Balaban J connectivity index is 2.59. The highest BCUT2D eigenvalue weighted by Gasteiger charge is 2.28. The molecule has 0 fully saturated rings. The maximum atomic E-state index is 12.3. The molecule has 1 aromatic rings. The summed E-state index contributed by atoms with van der Waals surface area (Å²) in [6.45, 7) is 6.40. The van der Waals surface area contributed by atoms with Gasteiger partial charge in [0.1, 0.15) is 0 Å². The Morgan fingerprint density at radius 3 is 2.45 bits per heavy atom. The number of hydrogen-bond donors (Lipinski definition) is 1. The number of hydrazine groups is 1. The minimum atomic E-state index is -0.410. The molecule has 22 heavy (non-hydrogen) atoms. The van der Waals surface area contributed by atoms with E-state index in [2.05, 4.69) is 10.3 Å². The van der Waals surface area contributed by atoms with Crippen molar-refractivity contribution in [3.05, 3.63) is 24.5 Å². The van der Waals surface area contributed by atoms with Crippen molar-refractivity contribution in [2.24, 2.45) is 5.41 Å². The standard InChI is InChI=1S/C16H26N4O2/c1-6-20(19(4)5)15(22)11-16(2,3)10-14(21)18-13-8-7-9-17-12-13/h7-9,12H,6,10-11H2,1-5H3,(H,18,21). The minimum Gasteiger partial charge on any atom is -0.325 e. The van der Waals surface area contributed by atoms with E-state index >= 15 is 0 Å². The third-order valence-electron chi connectivity index (χ3n) is 3.28. The van der Waals surface area contributed by atoms with E-state index in [4.69, 9.17) is 0 Å². The second-order valence-corrected chi connectivity index (χ2v) is 6.26. The molecular weight excluding hydrogens is 280 g/mol. The fourth-order valence-electron chi connectivity index (χ4n) is 2.32. The first-order chi connectivity index (χ1) is 10.2. The fourth-order valence-corrected chi connectivity index (χ4v) is 2.32. The van der Waals surface area contributed by atoms with Gasteiger partial charge in [-0.2, -0.15) is 0 Å². The first-order valence-electron chi connectivity index (χ1n) is 7.42. The quantitative estimate of drug-likeness (QED) is 0.784. The number of anilines is 1. The summed E-state index contributed by atoms with van der Waals surface area (Å²) in [7, 11) is 3.67. The number of carbonyl (C=O) groups excluding carboxylic acids is 2. The van der Waals surface area contributed by atoms with E-state index in [0.29, 0.717) is 18.7 Å². The zero-order chi connectivity index (χ0) is 16.8. The smallest absolute Gasteiger partial charge is 0.237 e. The van der Waals surface area contributed by atoms with Gasteiger partial charge in [-0.3, -0.25) is 19.6 Å². The van der Waals surface area contributed by atoms with Crippen molar-refractivity contribution in [3.63, 3.8) is 0 Å². The van der Waals surface area contributed by atoms with Gasteiger partial charge in [0.25, 0.3) is 0 Å². The summed E-state index contributed by atoms with van der Waals surface area (Å²) in [4.78, 5) is 28.4. The summed E-state index contributed by atoms with van der Waals surface area (Å²) in [6.07, 6.45) is 3.85. The van der Waals surface area contributed by atoms with Crippen molar-refractivity contribution in [2.45, 2.75) is 33.6 Å². The fraction of sp³-hybridized carbons (Fsp3) is 0.562. The molecule has 1 rings (SSSR count). The van der Waals surface area contributed by atoms with Crippen LogP contribution in [0.25, 0.3) is 0 Å². The van der Waals surface area contributed by atoms with Gasteiger partial charge in [0.15, 0.2) is 0 Å². The van der Waals surface area contributed by atoms with Crippen LogP contribution < -0.4 is 5.32 Å².